The molecule has 0 unspecified atom stereocenters. The van der Waals surface area contributed by atoms with Gasteiger partial charge in [-0.2, -0.15) is 5.10 Å². The van der Waals surface area contributed by atoms with E-state index in [9.17, 15) is 24.8 Å². The Morgan fingerprint density at radius 3 is 2.72 bits per heavy atom. The Labute approximate surface area is 142 Å². The summed E-state index contributed by atoms with van der Waals surface area (Å²) in [6.45, 7) is 0.355. The third-order valence-electron chi connectivity index (χ3n) is 4.18. The van der Waals surface area contributed by atoms with E-state index in [1.54, 1.807) is 12.1 Å². The molecule has 9 heteroatoms. The number of carboxylic acid groups (broad SMARTS) is 1. The highest BCUT2D eigenvalue weighted by Gasteiger charge is 2.33. The van der Waals surface area contributed by atoms with Crippen molar-refractivity contribution >= 4 is 17.6 Å². The van der Waals surface area contributed by atoms with Gasteiger partial charge in [-0.25, -0.2) is 9.48 Å². The molecule has 0 radical (unpaired) electrons. The van der Waals surface area contributed by atoms with Crippen molar-refractivity contribution in [2.75, 3.05) is 6.54 Å². The van der Waals surface area contributed by atoms with Crippen LogP contribution in [0.2, 0.25) is 0 Å². The van der Waals surface area contributed by atoms with Gasteiger partial charge in [0.1, 0.15) is 11.7 Å². The van der Waals surface area contributed by atoms with Gasteiger partial charge >= 0.3 is 5.97 Å². The highest BCUT2D eigenvalue weighted by molar-refractivity contribution is 5.95. The van der Waals surface area contributed by atoms with Gasteiger partial charge in [-0.05, 0) is 31.4 Å². The molecule has 2 aromatic rings. The second kappa shape index (κ2) is 6.71. The number of aliphatic carboxylic acids is 1. The van der Waals surface area contributed by atoms with E-state index in [0.29, 0.717) is 13.0 Å². The van der Waals surface area contributed by atoms with Crippen molar-refractivity contribution in [3.05, 3.63) is 52.3 Å². The number of benzene rings is 1. The minimum atomic E-state index is -1.04. The summed E-state index contributed by atoms with van der Waals surface area (Å²) in [5.41, 5.74) is 0.164. The molecule has 1 fully saturated rings. The molecule has 25 heavy (non-hydrogen) atoms. The topological polar surface area (TPSA) is 119 Å². The number of hydrogen-bond donors (Lipinski definition) is 1. The fraction of sp³-hybridized carbons (Fsp3) is 0.312. The third kappa shape index (κ3) is 3.21. The summed E-state index contributed by atoms with van der Waals surface area (Å²) in [7, 11) is 0. The highest BCUT2D eigenvalue weighted by Crippen LogP contribution is 2.23. The van der Waals surface area contributed by atoms with Gasteiger partial charge in [0.25, 0.3) is 11.6 Å². The number of nitro groups is 1. The van der Waals surface area contributed by atoms with Gasteiger partial charge in [-0.1, -0.05) is 12.1 Å². The Kier molecular flexibility index (Phi) is 4.46. The van der Waals surface area contributed by atoms with Crippen LogP contribution < -0.4 is 0 Å². The molecular formula is C16H16N4O5. The second-order valence-corrected chi connectivity index (χ2v) is 5.74. The lowest BCUT2D eigenvalue weighted by atomic mass is 10.0. The summed E-state index contributed by atoms with van der Waals surface area (Å²) in [6, 6.07) is 6.63. The molecule has 9 nitrogen and oxygen atoms in total. The molecule has 1 saturated heterocycles. The van der Waals surface area contributed by atoms with Crippen molar-refractivity contribution in [2.45, 2.75) is 25.3 Å². The van der Waals surface area contributed by atoms with Crippen LogP contribution in [0, 0.1) is 10.1 Å². The van der Waals surface area contributed by atoms with Crippen molar-refractivity contribution in [1.82, 2.24) is 14.7 Å². The number of aromatic nitrogens is 2. The molecule has 0 spiro atoms. The van der Waals surface area contributed by atoms with E-state index in [0.717, 1.165) is 12.8 Å². The SMILES string of the molecule is O=C(O)[C@H]1CCCCN1C(=O)c1ccn(-c2ccccc2[N+](=O)[O-])n1. The van der Waals surface area contributed by atoms with Crippen molar-refractivity contribution < 1.29 is 19.6 Å². The second-order valence-electron chi connectivity index (χ2n) is 5.74. The van der Waals surface area contributed by atoms with Crippen LogP contribution in [0.5, 0.6) is 0 Å². The number of nitrogens with zero attached hydrogens (tertiary/aromatic N) is 4. The van der Waals surface area contributed by atoms with Gasteiger partial charge in [-0.15, -0.1) is 0 Å². The van der Waals surface area contributed by atoms with Crippen LogP contribution in [-0.4, -0.2) is 49.2 Å². The third-order valence-corrected chi connectivity index (χ3v) is 4.18. The number of carbonyl (C=O) groups is 2. The molecule has 0 aliphatic carbocycles. The average Bonchev–Trinajstić information content (AvgIpc) is 3.11. The minimum absolute atomic E-state index is 0.0614. The van der Waals surface area contributed by atoms with E-state index in [4.69, 9.17) is 0 Å². The molecule has 1 amide bonds. The number of piperidine rings is 1. The fourth-order valence-electron chi connectivity index (χ4n) is 2.96. The van der Waals surface area contributed by atoms with Crippen LogP contribution in [0.25, 0.3) is 5.69 Å². The lowest BCUT2D eigenvalue weighted by Gasteiger charge is -2.32. The predicted octanol–water partition coefficient (Wildman–Crippen LogP) is 1.86. The van der Waals surface area contributed by atoms with E-state index >= 15 is 0 Å². The van der Waals surface area contributed by atoms with Crippen molar-refractivity contribution in [3.63, 3.8) is 0 Å². The first-order chi connectivity index (χ1) is 12.0. The van der Waals surface area contributed by atoms with Gasteiger partial charge in [0.2, 0.25) is 0 Å². The molecule has 3 rings (SSSR count). The summed E-state index contributed by atoms with van der Waals surface area (Å²) < 4.78 is 1.26. The zero-order chi connectivity index (χ0) is 18.0. The Morgan fingerprint density at radius 1 is 1.24 bits per heavy atom. The predicted molar refractivity (Wildman–Crippen MR) is 86.5 cm³/mol. The molecule has 1 atom stereocenters. The molecule has 0 bridgehead atoms. The molecule has 2 heterocycles. The number of likely N-dealkylation sites (tertiary alicyclic amines) is 1. The minimum Gasteiger partial charge on any atom is -0.480 e. The monoisotopic (exact) mass is 344 g/mol. The average molecular weight is 344 g/mol. The normalized spacial score (nSPS) is 17.3. The zero-order valence-electron chi connectivity index (χ0n) is 13.2. The van der Waals surface area contributed by atoms with E-state index in [1.807, 2.05) is 0 Å². The molecule has 1 aromatic heterocycles. The Morgan fingerprint density at radius 2 is 2.00 bits per heavy atom. The van der Waals surface area contributed by atoms with Gasteiger partial charge in [0.05, 0.1) is 4.92 Å². The molecule has 1 aliphatic rings. The van der Waals surface area contributed by atoms with Crippen molar-refractivity contribution in [1.29, 1.82) is 0 Å². The number of hydrogen-bond acceptors (Lipinski definition) is 5. The largest absolute Gasteiger partial charge is 0.480 e. The standard InChI is InChI=1S/C16H16N4O5/c21-15(18-9-4-3-7-14(18)16(22)23)11-8-10-19(17-11)12-5-1-2-6-13(12)20(24)25/h1-2,5-6,8,10,14H,3-4,7,9H2,(H,22,23)/t14-/m1/s1. The highest BCUT2D eigenvalue weighted by atomic mass is 16.6. The zero-order valence-corrected chi connectivity index (χ0v) is 13.2. The van der Waals surface area contributed by atoms with Crippen molar-refractivity contribution in [2.24, 2.45) is 0 Å². The first kappa shape index (κ1) is 16.6. The van der Waals surface area contributed by atoms with Gasteiger partial charge in [0.15, 0.2) is 5.69 Å². The molecule has 0 saturated carbocycles. The lowest BCUT2D eigenvalue weighted by molar-refractivity contribution is -0.384. The van der Waals surface area contributed by atoms with Crippen LogP contribution in [0.1, 0.15) is 29.8 Å². The fourth-order valence-corrected chi connectivity index (χ4v) is 2.96. The van der Waals surface area contributed by atoms with E-state index in [-0.39, 0.29) is 17.1 Å². The summed E-state index contributed by atoms with van der Waals surface area (Å²) in [5.74, 6) is -1.52. The number of rotatable bonds is 4. The molecule has 1 N–H and O–H groups in total. The number of carbonyl (C=O) groups excluding carboxylic acids is 1. The summed E-state index contributed by atoms with van der Waals surface area (Å²) in [4.78, 5) is 35.9. The maximum absolute atomic E-state index is 12.6. The maximum Gasteiger partial charge on any atom is 0.326 e. The first-order valence-electron chi connectivity index (χ1n) is 7.82. The number of amides is 1. The molecular weight excluding hydrogens is 328 g/mol. The number of nitro benzene ring substituents is 1. The van der Waals surface area contributed by atoms with Gasteiger partial charge in [-0.3, -0.25) is 14.9 Å². The lowest BCUT2D eigenvalue weighted by Crippen LogP contribution is -2.48. The van der Waals surface area contributed by atoms with E-state index < -0.39 is 22.8 Å². The van der Waals surface area contributed by atoms with E-state index in [1.165, 1.54) is 34.0 Å². The van der Waals surface area contributed by atoms with Crippen molar-refractivity contribution in [3.8, 4) is 5.69 Å². The Bertz CT molecular complexity index is 831. The van der Waals surface area contributed by atoms with Crippen LogP contribution >= 0.6 is 0 Å². The van der Waals surface area contributed by atoms with Gasteiger partial charge < -0.3 is 10.0 Å². The molecule has 1 aromatic carbocycles. The van der Waals surface area contributed by atoms with Crippen LogP contribution in [0.15, 0.2) is 36.5 Å². The Balaban J connectivity index is 1.90. The van der Waals surface area contributed by atoms with Gasteiger partial charge in [0, 0.05) is 18.8 Å². The molecule has 130 valence electrons. The maximum atomic E-state index is 12.6. The van der Waals surface area contributed by atoms with E-state index in [2.05, 4.69) is 5.10 Å². The van der Waals surface area contributed by atoms with Crippen LogP contribution in [-0.2, 0) is 4.79 Å². The number of carboxylic acids is 1. The summed E-state index contributed by atoms with van der Waals surface area (Å²) in [5, 5.41) is 24.5. The molecule has 1 aliphatic heterocycles. The Hall–Kier alpha value is -3.23. The first-order valence-corrected chi connectivity index (χ1v) is 7.82. The van der Waals surface area contributed by atoms with Crippen LogP contribution in [0.3, 0.4) is 0 Å². The van der Waals surface area contributed by atoms with Crippen LogP contribution in [0.4, 0.5) is 5.69 Å². The number of para-hydroxylation sites is 2. The quantitative estimate of drug-likeness (QED) is 0.668. The summed E-state index contributed by atoms with van der Waals surface area (Å²) >= 11 is 0. The smallest absolute Gasteiger partial charge is 0.326 e. The summed E-state index contributed by atoms with van der Waals surface area (Å²) in [6.07, 6.45) is 3.35.